The van der Waals surface area contributed by atoms with Crippen molar-refractivity contribution in [3.63, 3.8) is 0 Å². The van der Waals surface area contributed by atoms with Gasteiger partial charge in [0.2, 0.25) is 0 Å². The van der Waals surface area contributed by atoms with E-state index in [9.17, 15) is 0 Å². The number of alkyl halides is 1. The molecule has 1 aromatic heterocycles. The highest BCUT2D eigenvalue weighted by molar-refractivity contribution is 6.31. The molecule has 0 spiro atoms. The van der Waals surface area contributed by atoms with Gasteiger partial charge in [0, 0.05) is 18.2 Å². The van der Waals surface area contributed by atoms with Gasteiger partial charge in [-0.3, -0.25) is 0 Å². The Labute approximate surface area is 129 Å². The first-order valence-corrected chi connectivity index (χ1v) is 7.51. The molecule has 5 heteroatoms. The zero-order chi connectivity index (χ0) is 14.4. The zero-order valence-corrected chi connectivity index (χ0v) is 13.0. The minimum absolute atomic E-state index is 0.492. The Balaban J connectivity index is 1.73. The first-order valence-electron chi connectivity index (χ1n) is 6.60. The van der Waals surface area contributed by atoms with Crippen molar-refractivity contribution < 1.29 is 4.74 Å². The van der Waals surface area contributed by atoms with Crippen LogP contribution >= 0.6 is 23.2 Å². The molecule has 20 heavy (non-hydrogen) atoms. The number of benzene rings is 1. The van der Waals surface area contributed by atoms with Gasteiger partial charge >= 0.3 is 0 Å². The van der Waals surface area contributed by atoms with Gasteiger partial charge in [-0.25, -0.2) is 4.98 Å². The fourth-order valence-electron chi connectivity index (χ4n) is 2.01. The van der Waals surface area contributed by atoms with Gasteiger partial charge in [-0.05, 0) is 25.0 Å². The third kappa shape index (κ3) is 3.98. The highest BCUT2D eigenvalue weighted by Crippen LogP contribution is 2.16. The minimum atomic E-state index is 0.492. The van der Waals surface area contributed by atoms with E-state index in [0.29, 0.717) is 19.1 Å². The number of hydrogen-bond donors (Lipinski definition) is 0. The SMILES string of the molecule is Cc1ncn(CCCOCc2ccccc2Cl)c1CCl. The van der Waals surface area contributed by atoms with Crippen LogP contribution < -0.4 is 0 Å². The standard InChI is InChI=1S/C15H18Cl2N2O/c1-12-15(9-16)19(11-18-12)7-4-8-20-10-13-5-2-3-6-14(13)17/h2-3,5-6,11H,4,7-10H2,1H3. The van der Waals surface area contributed by atoms with Gasteiger partial charge in [-0.1, -0.05) is 29.8 Å². The lowest BCUT2D eigenvalue weighted by molar-refractivity contribution is 0.115. The van der Waals surface area contributed by atoms with Gasteiger partial charge in [0.15, 0.2) is 0 Å². The number of ether oxygens (including phenoxy) is 1. The average Bonchev–Trinajstić information content (AvgIpc) is 2.80. The van der Waals surface area contributed by atoms with Crippen LogP contribution in [0.1, 0.15) is 23.4 Å². The number of nitrogens with zero attached hydrogens (tertiary/aromatic N) is 2. The van der Waals surface area contributed by atoms with Crippen molar-refractivity contribution in [2.24, 2.45) is 0 Å². The maximum absolute atomic E-state index is 6.07. The van der Waals surface area contributed by atoms with Crippen LogP contribution in [0.5, 0.6) is 0 Å². The van der Waals surface area contributed by atoms with Crippen LogP contribution in [0.15, 0.2) is 30.6 Å². The molecule has 0 unspecified atom stereocenters. The number of halogens is 2. The molecule has 0 aliphatic heterocycles. The lowest BCUT2D eigenvalue weighted by Gasteiger charge is -2.08. The topological polar surface area (TPSA) is 27.1 Å². The van der Waals surface area contributed by atoms with Crippen molar-refractivity contribution in [2.45, 2.75) is 32.4 Å². The van der Waals surface area contributed by atoms with Gasteiger partial charge in [0.25, 0.3) is 0 Å². The fourth-order valence-corrected chi connectivity index (χ4v) is 2.55. The van der Waals surface area contributed by atoms with Crippen molar-refractivity contribution in [3.05, 3.63) is 52.6 Å². The summed E-state index contributed by atoms with van der Waals surface area (Å²) in [6.45, 7) is 4.07. The Morgan fingerprint density at radius 2 is 2.10 bits per heavy atom. The number of rotatable bonds is 7. The zero-order valence-electron chi connectivity index (χ0n) is 11.5. The van der Waals surface area contributed by atoms with Crippen molar-refractivity contribution in [2.75, 3.05) is 6.61 Å². The number of aryl methyl sites for hydroxylation is 2. The summed E-state index contributed by atoms with van der Waals surface area (Å²) in [5.41, 5.74) is 3.10. The average molecular weight is 313 g/mol. The first kappa shape index (κ1) is 15.4. The van der Waals surface area contributed by atoms with E-state index < -0.39 is 0 Å². The molecule has 0 bridgehead atoms. The Kier molecular flexibility index (Phi) is 5.89. The van der Waals surface area contributed by atoms with Gasteiger partial charge in [-0.2, -0.15) is 0 Å². The Hall–Kier alpha value is -1.03. The molecule has 0 saturated carbocycles. The fraction of sp³-hybridized carbons (Fsp3) is 0.400. The maximum atomic E-state index is 6.07. The molecular weight excluding hydrogens is 295 g/mol. The van der Waals surface area contributed by atoms with E-state index in [2.05, 4.69) is 9.55 Å². The number of aromatic nitrogens is 2. The van der Waals surface area contributed by atoms with E-state index in [1.165, 1.54) is 0 Å². The van der Waals surface area contributed by atoms with Crippen LogP contribution in [0.3, 0.4) is 0 Å². The predicted molar refractivity (Wildman–Crippen MR) is 82.2 cm³/mol. The summed E-state index contributed by atoms with van der Waals surface area (Å²) in [7, 11) is 0. The summed E-state index contributed by atoms with van der Waals surface area (Å²) < 4.78 is 7.74. The lowest BCUT2D eigenvalue weighted by Crippen LogP contribution is -2.05. The van der Waals surface area contributed by atoms with E-state index in [4.69, 9.17) is 27.9 Å². The van der Waals surface area contributed by atoms with Crippen molar-refractivity contribution >= 4 is 23.2 Å². The Morgan fingerprint density at radius 3 is 2.85 bits per heavy atom. The van der Waals surface area contributed by atoms with Gasteiger partial charge in [0.1, 0.15) is 0 Å². The molecule has 0 fully saturated rings. The quantitative estimate of drug-likeness (QED) is 0.566. The van der Waals surface area contributed by atoms with E-state index in [0.717, 1.165) is 34.9 Å². The molecule has 1 aromatic carbocycles. The number of hydrogen-bond acceptors (Lipinski definition) is 2. The highest BCUT2D eigenvalue weighted by Gasteiger charge is 2.05. The lowest BCUT2D eigenvalue weighted by atomic mass is 10.2. The van der Waals surface area contributed by atoms with E-state index in [1.54, 1.807) is 0 Å². The summed E-state index contributed by atoms with van der Waals surface area (Å²) in [4.78, 5) is 4.27. The predicted octanol–water partition coefficient (Wildman–Crippen LogP) is 4.19. The molecule has 0 N–H and O–H groups in total. The second-order valence-corrected chi connectivity index (χ2v) is 5.28. The van der Waals surface area contributed by atoms with Crippen molar-refractivity contribution in [3.8, 4) is 0 Å². The summed E-state index contributed by atoms with van der Waals surface area (Å²) in [6.07, 6.45) is 2.76. The third-order valence-corrected chi connectivity index (χ3v) is 3.81. The van der Waals surface area contributed by atoms with Crippen LogP contribution in [0, 0.1) is 6.92 Å². The molecular formula is C15H18Cl2N2O. The summed E-state index contributed by atoms with van der Waals surface area (Å²) >= 11 is 12.0. The molecule has 0 atom stereocenters. The number of imidazole rings is 1. The van der Waals surface area contributed by atoms with Crippen molar-refractivity contribution in [1.82, 2.24) is 9.55 Å². The summed E-state index contributed by atoms with van der Waals surface area (Å²) in [5.74, 6) is 0.492. The van der Waals surface area contributed by atoms with Crippen LogP contribution in [0.2, 0.25) is 5.02 Å². The van der Waals surface area contributed by atoms with E-state index in [1.807, 2.05) is 37.5 Å². The first-order chi connectivity index (χ1) is 9.72. The molecule has 2 rings (SSSR count). The highest BCUT2D eigenvalue weighted by atomic mass is 35.5. The van der Waals surface area contributed by atoms with E-state index >= 15 is 0 Å². The van der Waals surface area contributed by atoms with Crippen LogP contribution in [-0.4, -0.2) is 16.2 Å². The van der Waals surface area contributed by atoms with Crippen molar-refractivity contribution in [1.29, 1.82) is 0 Å². The summed E-state index contributed by atoms with van der Waals surface area (Å²) in [5, 5.41) is 0.752. The van der Waals surface area contributed by atoms with Gasteiger partial charge < -0.3 is 9.30 Å². The Morgan fingerprint density at radius 1 is 1.30 bits per heavy atom. The molecule has 0 amide bonds. The summed E-state index contributed by atoms with van der Waals surface area (Å²) in [6, 6.07) is 7.74. The van der Waals surface area contributed by atoms with Crippen LogP contribution in [0.25, 0.3) is 0 Å². The van der Waals surface area contributed by atoms with Crippen LogP contribution in [-0.2, 0) is 23.8 Å². The van der Waals surface area contributed by atoms with E-state index in [-0.39, 0.29) is 0 Å². The molecule has 0 saturated heterocycles. The van der Waals surface area contributed by atoms with Gasteiger partial charge in [-0.15, -0.1) is 11.6 Å². The third-order valence-electron chi connectivity index (χ3n) is 3.18. The molecule has 0 aliphatic carbocycles. The monoisotopic (exact) mass is 312 g/mol. The maximum Gasteiger partial charge on any atom is 0.0951 e. The molecule has 0 aliphatic rings. The molecule has 1 heterocycles. The molecule has 3 nitrogen and oxygen atoms in total. The normalized spacial score (nSPS) is 10.9. The minimum Gasteiger partial charge on any atom is -0.377 e. The molecule has 0 radical (unpaired) electrons. The van der Waals surface area contributed by atoms with Gasteiger partial charge in [0.05, 0.1) is 30.2 Å². The molecule has 108 valence electrons. The largest absolute Gasteiger partial charge is 0.377 e. The smallest absolute Gasteiger partial charge is 0.0951 e. The second kappa shape index (κ2) is 7.67. The molecule has 2 aromatic rings. The Bertz CT molecular complexity index is 555. The van der Waals surface area contributed by atoms with Crippen LogP contribution in [0.4, 0.5) is 0 Å². The second-order valence-electron chi connectivity index (χ2n) is 4.60.